The third-order valence-electron chi connectivity index (χ3n) is 3.26. The van der Waals surface area contributed by atoms with Gasteiger partial charge in [-0.2, -0.15) is 0 Å². The van der Waals surface area contributed by atoms with Gasteiger partial charge in [0.25, 0.3) is 0 Å². The summed E-state index contributed by atoms with van der Waals surface area (Å²) in [5, 5.41) is 2.05. The number of likely N-dealkylation sites (N-methyl/N-ethyl adjacent to an activating group) is 1. The third kappa shape index (κ3) is 4.20. The van der Waals surface area contributed by atoms with Crippen molar-refractivity contribution in [2.75, 3.05) is 14.2 Å². The fourth-order valence-corrected chi connectivity index (χ4v) is 2.83. The van der Waals surface area contributed by atoms with E-state index in [1.54, 1.807) is 29.4 Å². The van der Waals surface area contributed by atoms with Crippen molar-refractivity contribution in [3.05, 3.63) is 57.8 Å². The van der Waals surface area contributed by atoms with Crippen LogP contribution in [0.4, 0.5) is 0 Å². The number of methoxy groups -OCH3 is 1. The third-order valence-corrected chi connectivity index (χ3v) is 4.27. The molecule has 3 nitrogen and oxygen atoms in total. The van der Waals surface area contributed by atoms with Gasteiger partial charge in [0.15, 0.2) is 0 Å². The number of thiophene rings is 1. The number of carbonyl (C=O) groups is 1. The molecule has 0 aliphatic rings. The summed E-state index contributed by atoms with van der Waals surface area (Å²) < 4.78 is 5.10. The minimum atomic E-state index is -0.00128. The van der Waals surface area contributed by atoms with Crippen LogP contribution in [0.15, 0.2) is 41.8 Å². The SMILES string of the molecule is COc1ccc(/C=C/C(=O)N(C)Cc2sccc2C)cc1. The van der Waals surface area contributed by atoms with Gasteiger partial charge in [-0.1, -0.05) is 12.1 Å². The van der Waals surface area contributed by atoms with Crippen LogP contribution in [-0.2, 0) is 11.3 Å². The number of nitrogens with zero attached hydrogens (tertiary/aromatic N) is 1. The van der Waals surface area contributed by atoms with Crippen LogP contribution in [0, 0.1) is 6.92 Å². The zero-order valence-corrected chi connectivity index (χ0v) is 13.3. The zero-order chi connectivity index (χ0) is 15.2. The van der Waals surface area contributed by atoms with Crippen LogP contribution in [0.5, 0.6) is 5.75 Å². The first-order chi connectivity index (χ1) is 10.1. The van der Waals surface area contributed by atoms with E-state index in [2.05, 4.69) is 18.4 Å². The second-order valence-corrected chi connectivity index (χ2v) is 5.83. The van der Waals surface area contributed by atoms with Crippen LogP contribution in [0.2, 0.25) is 0 Å². The Hall–Kier alpha value is -2.07. The molecule has 1 amide bonds. The molecule has 0 aliphatic carbocycles. The lowest BCUT2D eigenvalue weighted by Crippen LogP contribution is -2.23. The summed E-state index contributed by atoms with van der Waals surface area (Å²) in [4.78, 5) is 15.0. The average Bonchev–Trinajstić information content (AvgIpc) is 2.90. The molecule has 21 heavy (non-hydrogen) atoms. The number of amides is 1. The molecule has 0 saturated carbocycles. The Bertz CT molecular complexity index is 628. The van der Waals surface area contributed by atoms with E-state index in [0.29, 0.717) is 6.54 Å². The maximum Gasteiger partial charge on any atom is 0.246 e. The van der Waals surface area contributed by atoms with Crippen LogP contribution in [0.25, 0.3) is 6.08 Å². The fourth-order valence-electron chi connectivity index (χ4n) is 1.87. The summed E-state index contributed by atoms with van der Waals surface area (Å²) in [6.45, 7) is 2.71. The second-order valence-electron chi connectivity index (χ2n) is 4.83. The van der Waals surface area contributed by atoms with Crippen molar-refractivity contribution in [3.63, 3.8) is 0 Å². The van der Waals surface area contributed by atoms with E-state index in [1.807, 2.05) is 37.4 Å². The van der Waals surface area contributed by atoms with Crippen molar-refractivity contribution in [2.24, 2.45) is 0 Å². The van der Waals surface area contributed by atoms with E-state index in [4.69, 9.17) is 4.74 Å². The van der Waals surface area contributed by atoms with Gasteiger partial charge in [-0.25, -0.2) is 0 Å². The van der Waals surface area contributed by atoms with Crippen LogP contribution >= 0.6 is 11.3 Å². The van der Waals surface area contributed by atoms with Crippen LogP contribution in [-0.4, -0.2) is 25.0 Å². The van der Waals surface area contributed by atoms with Crippen molar-refractivity contribution in [2.45, 2.75) is 13.5 Å². The Kier molecular flexibility index (Phi) is 5.17. The van der Waals surface area contributed by atoms with E-state index < -0.39 is 0 Å². The van der Waals surface area contributed by atoms with E-state index in [1.165, 1.54) is 10.4 Å². The van der Waals surface area contributed by atoms with Crippen LogP contribution in [0.3, 0.4) is 0 Å². The average molecular weight is 301 g/mol. The lowest BCUT2D eigenvalue weighted by atomic mass is 10.2. The summed E-state index contributed by atoms with van der Waals surface area (Å²) in [5.41, 5.74) is 2.21. The highest BCUT2D eigenvalue weighted by Gasteiger charge is 2.08. The summed E-state index contributed by atoms with van der Waals surface area (Å²) >= 11 is 1.68. The first-order valence-electron chi connectivity index (χ1n) is 6.70. The van der Waals surface area contributed by atoms with E-state index in [0.717, 1.165) is 11.3 Å². The Labute approximate surface area is 129 Å². The number of aryl methyl sites for hydroxylation is 1. The van der Waals surface area contributed by atoms with Gasteiger partial charge in [0.05, 0.1) is 13.7 Å². The molecule has 0 N–H and O–H groups in total. The minimum absolute atomic E-state index is 0.00128. The molecule has 2 aromatic rings. The molecular weight excluding hydrogens is 282 g/mol. The molecule has 4 heteroatoms. The van der Waals surface area contributed by atoms with E-state index in [9.17, 15) is 4.79 Å². The highest BCUT2D eigenvalue weighted by molar-refractivity contribution is 7.10. The predicted octanol–water partition coefficient (Wildman–Crippen LogP) is 3.74. The van der Waals surface area contributed by atoms with Gasteiger partial charge in [0, 0.05) is 18.0 Å². The molecule has 1 aromatic heterocycles. The Balaban J connectivity index is 1.96. The predicted molar refractivity (Wildman–Crippen MR) is 87.6 cm³/mol. The van der Waals surface area contributed by atoms with Gasteiger partial charge in [0.1, 0.15) is 5.75 Å². The lowest BCUT2D eigenvalue weighted by Gasteiger charge is -2.14. The van der Waals surface area contributed by atoms with E-state index in [-0.39, 0.29) is 5.91 Å². The van der Waals surface area contributed by atoms with Gasteiger partial charge in [-0.3, -0.25) is 4.79 Å². The smallest absolute Gasteiger partial charge is 0.246 e. The number of ether oxygens (including phenoxy) is 1. The van der Waals surface area contributed by atoms with Crippen molar-refractivity contribution in [1.29, 1.82) is 0 Å². The summed E-state index contributed by atoms with van der Waals surface area (Å²) in [6, 6.07) is 9.68. The maximum atomic E-state index is 12.1. The molecule has 2 rings (SSSR count). The van der Waals surface area contributed by atoms with Gasteiger partial charge in [-0.05, 0) is 47.7 Å². The highest BCUT2D eigenvalue weighted by Crippen LogP contribution is 2.17. The second kappa shape index (κ2) is 7.09. The van der Waals surface area contributed by atoms with E-state index >= 15 is 0 Å². The van der Waals surface area contributed by atoms with Crippen molar-refractivity contribution in [1.82, 2.24) is 4.90 Å². The van der Waals surface area contributed by atoms with Crippen molar-refractivity contribution in [3.8, 4) is 5.75 Å². The topological polar surface area (TPSA) is 29.5 Å². The molecule has 0 radical (unpaired) electrons. The molecule has 0 saturated heterocycles. The molecular formula is C17H19NO2S. The molecule has 110 valence electrons. The Morgan fingerprint density at radius 1 is 1.29 bits per heavy atom. The minimum Gasteiger partial charge on any atom is -0.497 e. The molecule has 1 heterocycles. The molecule has 0 unspecified atom stereocenters. The standard InChI is InChI=1S/C17H19NO2S/c1-13-10-11-21-16(13)12-18(2)17(19)9-6-14-4-7-15(20-3)8-5-14/h4-11H,12H2,1-3H3/b9-6+. The van der Waals surface area contributed by atoms with Gasteiger partial charge >= 0.3 is 0 Å². The monoisotopic (exact) mass is 301 g/mol. The summed E-state index contributed by atoms with van der Waals surface area (Å²) in [7, 11) is 3.45. The number of benzene rings is 1. The van der Waals surface area contributed by atoms with Gasteiger partial charge in [-0.15, -0.1) is 11.3 Å². The van der Waals surface area contributed by atoms with Gasteiger partial charge < -0.3 is 9.64 Å². The molecule has 0 bridgehead atoms. The molecule has 0 atom stereocenters. The van der Waals surface area contributed by atoms with Crippen LogP contribution < -0.4 is 4.74 Å². The molecule has 0 aliphatic heterocycles. The number of hydrogen-bond donors (Lipinski definition) is 0. The number of rotatable bonds is 5. The summed E-state index contributed by atoms with van der Waals surface area (Å²) in [5.74, 6) is 0.808. The highest BCUT2D eigenvalue weighted by atomic mass is 32.1. The normalized spacial score (nSPS) is 10.8. The summed E-state index contributed by atoms with van der Waals surface area (Å²) in [6.07, 6.45) is 3.42. The largest absolute Gasteiger partial charge is 0.497 e. The zero-order valence-electron chi connectivity index (χ0n) is 12.5. The van der Waals surface area contributed by atoms with Crippen molar-refractivity contribution < 1.29 is 9.53 Å². The van der Waals surface area contributed by atoms with Gasteiger partial charge in [0.2, 0.25) is 5.91 Å². The molecule has 1 aromatic carbocycles. The Morgan fingerprint density at radius 2 is 2.00 bits per heavy atom. The number of carbonyl (C=O) groups excluding carboxylic acids is 1. The Morgan fingerprint density at radius 3 is 2.57 bits per heavy atom. The first-order valence-corrected chi connectivity index (χ1v) is 7.58. The quantitative estimate of drug-likeness (QED) is 0.787. The fraction of sp³-hybridized carbons (Fsp3) is 0.235. The first kappa shape index (κ1) is 15.3. The van der Waals surface area contributed by atoms with Crippen LogP contribution in [0.1, 0.15) is 16.0 Å². The number of hydrogen-bond acceptors (Lipinski definition) is 3. The maximum absolute atomic E-state index is 12.1. The molecule has 0 spiro atoms. The molecule has 0 fully saturated rings. The van der Waals surface area contributed by atoms with Crippen molar-refractivity contribution >= 4 is 23.3 Å². The lowest BCUT2D eigenvalue weighted by molar-refractivity contribution is -0.125.